The second kappa shape index (κ2) is 4.86. The number of hydrogen-bond donors (Lipinski definition) is 2. The quantitative estimate of drug-likeness (QED) is 0.875. The van der Waals surface area contributed by atoms with Crippen LogP contribution in [0.3, 0.4) is 0 Å². The van der Waals surface area contributed by atoms with Crippen molar-refractivity contribution in [2.75, 3.05) is 0 Å². The van der Waals surface area contributed by atoms with Crippen LogP contribution < -0.4 is 21.3 Å². The van der Waals surface area contributed by atoms with Gasteiger partial charge in [-0.15, -0.1) is 13.2 Å². The average molecular weight is 304 g/mol. The number of nitrogens with zero attached hydrogens (tertiary/aromatic N) is 1. The minimum absolute atomic E-state index is 0.245. The van der Waals surface area contributed by atoms with Crippen LogP contribution in [0.5, 0.6) is 5.75 Å². The molecular formula is C12H13F3N3O3. The Bertz CT molecular complexity index is 545. The molecule has 2 rings (SSSR count). The van der Waals surface area contributed by atoms with Crippen LogP contribution in [0, 0.1) is 0 Å². The number of nitrogens with two attached hydrogens (primary N) is 1. The average Bonchev–Trinajstić information content (AvgIpc) is 2.66. The predicted octanol–water partition coefficient (Wildman–Crippen LogP) is 1.10. The van der Waals surface area contributed by atoms with Gasteiger partial charge in [0.05, 0.1) is 0 Å². The first-order valence-corrected chi connectivity index (χ1v) is 5.89. The number of rotatable bonds is 3. The van der Waals surface area contributed by atoms with Crippen LogP contribution in [0.4, 0.5) is 13.2 Å². The molecule has 1 aromatic carbocycles. The van der Waals surface area contributed by atoms with Gasteiger partial charge in [-0.3, -0.25) is 9.63 Å². The lowest BCUT2D eigenvalue weighted by molar-refractivity contribution is -0.274. The molecule has 9 heteroatoms. The zero-order valence-corrected chi connectivity index (χ0v) is 11.2. The number of amides is 1. The van der Waals surface area contributed by atoms with E-state index < -0.39 is 29.4 Å². The molecule has 1 atom stereocenters. The van der Waals surface area contributed by atoms with Gasteiger partial charge < -0.3 is 10.5 Å². The first kappa shape index (κ1) is 15.5. The largest absolute Gasteiger partial charge is 0.573 e. The van der Waals surface area contributed by atoms with Crippen LogP contribution in [0.25, 0.3) is 0 Å². The Balaban J connectivity index is 2.29. The maximum atomic E-state index is 12.1. The number of benzene rings is 1. The minimum atomic E-state index is -4.79. The molecule has 1 unspecified atom stereocenters. The Morgan fingerprint density at radius 1 is 1.33 bits per heavy atom. The van der Waals surface area contributed by atoms with Gasteiger partial charge in [0.25, 0.3) is 5.91 Å². The molecule has 1 saturated heterocycles. The van der Waals surface area contributed by atoms with Crippen LogP contribution in [0.15, 0.2) is 24.3 Å². The third-order valence-corrected chi connectivity index (χ3v) is 2.75. The molecule has 1 aliphatic heterocycles. The van der Waals surface area contributed by atoms with Crippen LogP contribution in [0.1, 0.15) is 19.4 Å². The summed E-state index contributed by atoms with van der Waals surface area (Å²) in [4.78, 5) is 16.9. The molecule has 1 aliphatic rings. The summed E-state index contributed by atoms with van der Waals surface area (Å²) in [6.07, 6.45) is -4.79. The van der Waals surface area contributed by atoms with Gasteiger partial charge in [-0.25, -0.2) is 0 Å². The summed E-state index contributed by atoms with van der Waals surface area (Å²) >= 11 is 0. The third-order valence-electron chi connectivity index (χ3n) is 2.75. The summed E-state index contributed by atoms with van der Waals surface area (Å²) < 4.78 is 40.1. The van der Waals surface area contributed by atoms with E-state index in [1.54, 1.807) is 13.8 Å². The monoisotopic (exact) mass is 304 g/mol. The van der Waals surface area contributed by atoms with Gasteiger partial charge in [0, 0.05) is 5.56 Å². The van der Waals surface area contributed by atoms with Crippen LogP contribution in [-0.2, 0) is 15.3 Å². The van der Waals surface area contributed by atoms with E-state index in [4.69, 9.17) is 10.6 Å². The van der Waals surface area contributed by atoms with E-state index in [-0.39, 0.29) is 5.56 Å². The van der Waals surface area contributed by atoms with Crippen molar-refractivity contribution >= 4 is 5.91 Å². The molecule has 1 amide bonds. The fourth-order valence-electron chi connectivity index (χ4n) is 1.92. The van der Waals surface area contributed by atoms with Gasteiger partial charge in [-0.05, 0) is 26.0 Å². The number of alkyl halides is 3. The number of hydroxylamine groups is 1. The summed E-state index contributed by atoms with van der Waals surface area (Å²) in [7, 11) is 0. The van der Waals surface area contributed by atoms with Gasteiger partial charge in [-0.1, -0.05) is 12.1 Å². The number of hydrogen-bond acceptors (Lipinski definition) is 4. The first-order valence-electron chi connectivity index (χ1n) is 5.89. The van der Waals surface area contributed by atoms with Crippen molar-refractivity contribution in [3.8, 4) is 5.75 Å². The molecule has 1 aromatic rings. The van der Waals surface area contributed by atoms with Gasteiger partial charge in [0.15, 0.2) is 5.72 Å². The highest BCUT2D eigenvalue weighted by Crippen LogP contribution is 2.32. The topological polar surface area (TPSA) is 87.7 Å². The molecule has 1 heterocycles. The van der Waals surface area contributed by atoms with E-state index in [1.165, 1.54) is 12.1 Å². The zero-order chi connectivity index (χ0) is 15.9. The molecule has 21 heavy (non-hydrogen) atoms. The normalized spacial score (nSPS) is 24.8. The van der Waals surface area contributed by atoms with Crippen molar-refractivity contribution in [2.45, 2.75) is 31.6 Å². The van der Waals surface area contributed by atoms with Crippen molar-refractivity contribution < 1.29 is 27.5 Å². The lowest BCUT2D eigenvalue weighted by atomic mass is 9.98. The third kappa shape index (κ3) is 3.26. The molecule has 1 radical (unpaired) electrons. The summed E-state index contributed by atoms with van der Waals surface area (Å²) in [5, 5.41) is 4.16. The fraction of sp³-hybridized carbons (Fsp3) is 0.417. The maximum Gasteiger partial charge on any atom is 0.573 e. The molecular weight excluding hydrogens is 291 g/mol. The number of primary amides is 1. The van der Waals surface area contributed by atoms with E-state index in [2.05, 4.69) is 15.5 Å². The predicted molar refractivity (Wildman–Crippen MR) is 64.4 cm³/mol. The Morgan fingerprint density at radius 3 is 2.29 bits per heavy atom. The molecule has 0 spiro atoms. The molecule has 0 aromatic heterocycles. The SMILES string of the molecule is CC1(C)[N]C(C(N)=O)(c2ccc(OC(F)(F)F)cc2)NO1. The van der Waals surface area contributed by atoms with Gasteiger partial charge >= 0.3 is 6.36 Å². The Hall–Kier alpha value is -1.84. The van der Waals surface area contributed by atoms with Crippen molar-refractivity contribution in [3.63, 3.8) is 0 Å². The maximum absolute atomic E-state index is 12.1. The smallest absolute Gasteiger partial charge is 0.406 e. The lowest BCUT2D eigenvalue weighted by Gasteiger charge is -2.24. The number of ether oxygens (including phenoxy) is 1. The van der Waals surface area contributed by atoms with Crippen LogP contribution in [-0.4, -0.2) is 18.0 Å². The van der Waals surface area contributed by atoms with Gasteiger partial charge in [0.1, 0.15) is 5.75 Å². The van der Waals surface area contributed by atoms with Gasteiger partial charge in [0.2, 0.25) is 5.66 Å². The summed E-state index contributed by atoms with van der Waals surface area (Å²) in [5.74, 6) is -1.25. The summed E-state index contributed by atoms with van der Waals surface area (Å²) in [5.41, 5.74) is 5.37. The highest BCUT2D eigenvalue weighted by Gasteiger charge is 2.51. The van der Waals surface area contributed by atoms with E-state index >= 15 is 0 Å². The Kier molecular flexibility index (Phi) is 3.60. The number of carbonyl (C=O) groups excluding carboxylic acids is 1. The van der Waals surface area contributed by atoms with E-state index in [0.29, 0.717) is 0 Å². The standard InChI is InChI=1S/C12H13F3N3O3/c1-10(2)17-11(9(16)19,18-21-10)7-3-5-8(6-4-7)20-12(13,14)15/h3-6,18H,1-2H3,(H2,16,19). The van der Waals surface area contributed by atoms with E-state index in [0.717, 1.165) is 12.1 Å². The van der Waals surface area contributed by atoms with Crippen molar-refractivity contribution in [1.29, 1.82) is 0 Å². The molecule has 0 saturated carbocycles. The first-order chi connectivity index (χ1) is 9.54. The Labute approximate surface area is 118 Å². The highest BCUT2D eigenvalue weighted by atomic mass is 19.4. The molecule has 1 fully saturated rings. The molecule has 3 N–H and O–H groups in total. The van der Waals surface area contributed by atoms with E-state index in [9.17, 15) is 18.0 Å². The summed E-state index contributed by atoms with van der Waals surface area (Å²) in [6, 6.07) is 4.65. The minimum Gasteiger partial charge on any atom is -0.406 e. The second-order valence-corrected chi connectivity index (χ2v) is 4.91. The number of halogens is 3. The van der Waals surface area contributed by atoms with Crippen molar-refractivity contribution in [1.82, 2.24) is 10.8 Å². The number of carbonyl (C=O) groups is 1. The lowest BCUT2D eigenvalue weighted by Crippen LogP contribution is -2.54. The fourth-order valence-corrected chi connectivity index (χ4v) is 1.92. The second-order valence-electron chi connectivity index (χ2n) is 4.91. The highest BCUT2D eigenvalue weighted by molar-refractivity contribution is 5.85. The summed E-state index contributed by atoms with van der Waals surface area (Å²) in [6.45, 7) is 3.21. The molecule has 0 aliphatic carbocycles. The van der Waals surface area contributed by atoms with Crippen LogP contribution >= 0.6 is 0 Å². The van der Waals surface area contributed by atoms with Crippen molar-refractivity contribution in [2.24, 2.45) is 5.73 Å². The molecule has 0 bridgehead atoms. The Morgan fingerprint density at radius 2 is 1.90 bits per heavy atom. The number of nitrogens with one attached hydrogen (secondary N) is 1. The zero-order valence-electron chi connectivity index (χ0n) is 11.2. The van der Waals surface area contributed by atoms with Gasteiger partial charge in [-0.2, -0.15) is 10.8 Å². The molecule has 115 valence electrons. The molecule has 6 nitrogen and oxygen atoms in total. The van der Waals surface area contributed by atoms with Crippen LogP contribution in [0.2, 0.25) is 0 Å². The van der Waals surface area contributed by atoms with Crippen molar-refractivity contribution in [3.05, 3.63) is 29.8 Å². The van der Waals surface area contributed by atoms with E-state index in [1.807, 2.05) is 0 Å².